The zero-order valence-electron chi connectivity index (χ0n) is 14.5. The Labute approximate surface area is 160 Å². The molecule has 0 spiro atoms. The SMILES string of the molecule is CCCC(CC[Se]c1ccccc1)NS(=O)(=O)c1ccccc1[N+](=O)[O-]. The molecule has 0 heterocycles. The predicted molar refractivity (Wildman–Crippen MR) is 103 cm³/mol. The molecule has 2 aromatic carbocycles. The van der Waals surface area contributed by atoms with Crippen LogP contribution in [0.4, 0.5) is 5.69 Å². The molecule has 140 valence electrons. The van der Waals surface area contributed by atoms with E-state index in [4.69, 9.17) is 0 Å². The van der Waals surface area contributed by atoms with Gasteiger partial charge in [-0.1, -0.05) is 0 Å². The van der Waals surface area contributed by atoms with Gasteiger partial charge < -0.3 is 0 Å². The summed E-state index contributed by atoms with van der Waals surface area (Å²) in [5.74, 6) is 0. The summed E-state index contributed by atoms with van der Waals surface area (Å²) in [6.45, 7) is 1.99. The van der Waals surface area contributed by atoms with Gasteiger partial charge in [0.05, 0.1) is 0 Å². The quantitative estimate of drug-likeness (QED) is 0.349. The van der Waals surface area contributed by atoms with Crippen LogP contribution in [0.25, 0.3) is 0 Å². The van der Waals surface area contributed by atoms with Gasteiger partial charge in [0.1, 0.15) is 0 Å². The van der Waals surface area contributed by atoms with Crippen molar-refractivity contribution in [3.05, 3.63) is 64.7 Å². The molecule has 0 radical (unpaired) electrons. The molecule has 1 atom stereocenters. The molecular weight excluding hydrogens is 419 g/mol. The number of hydrogen-bond acceptors (Lipinski definition) is 4. The van der Waals surface area contributed by atoms with Crippen molar-refractivity contribution in [2.24, 2.45) is 0 Å². The molecule has 0 aliphatic rings. The van der Waals surface area contributed by atoms with E-state index in [2.05, 4.69) is 16.9 Å². The number of sulfonamides is 1. The average molecular weight is 441 g/mol. The molecule has 8 heteroatoms. The topological polar surface area (TPSA) is 89.3 Å². The van der Waals surface area contributed by atoms with Gasteiger partial charge in [-0.05, 0) is 0 Å². The van der Waals surface area contributed by atoms with Crippen molar-refractivity contribution >= 4 is 35.1 Å². The number of nitrogens with zero attached hydrogens (tertiary/aromatic N) is 1. The number of nitro groups is 1. The Morgan fingerprint density at radius 3 is 2.38 bits per heavy atom. The number of benzene rings is 2. The van der Waals surface area contributed by atoms with E-state index < -0.39 is 20.6 Å². The van der Waals surface area contributed by atoms with Crippen LogP contribution in [0.1, 0.15) is 26.2 Å². The van der Waals surface area contributed by atoms with Crippen LogP contribution in [0.3, 0.4) is 0 Å². The molecule has 2 aromatic rings. The number of nitro benzene ring substituents is 1. The van der Waals surface area contributed by atoms with Gasteiger partial charge in [0.2, 0.25) is 0 Å². The van der Waals surface area contributed by atoms with Gasteiger partial charge in [0.25, 0.3) is 0 Å². The normalized spacial score (nSPS) is 12.7. The molecule has 0 bridgehead atoms. The summed E-state index contributed by atoms with van der Waals surface area (Å²) in [7, 11) is -3.94. The Bertz CT molecular complexity index is 828. The van der Waals surface area contributed by atoms with Crippen LogP contribution in [0.5, 0.6) is 0 Å². The summed E-state index contributed by atoms with van der Waals surface area (Å²) >= 11 is 0.275. The summed E-state index contributed by atoms with van der Waals surface area (Å²) in [6, 6.07) is 15.3. The monoisotopic (exact) mass is 442 g/mol. The van der Waals surface area contributed by atoms with Gasteiger partial charge >= 0.3 is 160 Å². The van der Waals surface area contributed by atoms with Gasteiger partial charge in [0.15, 0.2) is 0 Å². The Morgan fingerprint density at radius 1 is 1.08 bits per heavy atom. The molecule has 0 aliphatic heterocycles. The number of hydrogen-bond donors (Lipinski definition) is 1. The van der Waals surface area contributed by atoms with Gasteiger partial charge in [-0.3, -0.25) is 0 Å². The van der Waals surface area contributed by atoms with Crippen molar-refractivity contribution < 1.29 is 13.3 Å². The van der Waals surface area contributed by atoms with Crippen molar-refractivity contribution in [2.75, 3.05) is 0 Å². The van der Waals surface area contributed by atoms with Crippen LogP contribution in [0.15, 0.2) is 59.5 Å². The van der Waals surface area contributed by atoms with Gasteiger partial charge in [-0.25, -0.2) is 0 Å². The van der Waals surface area contributed by atoms with Gasteiger partial charge in [0, 0.05) is 0 Å². The van der Waals surface area contributed by atoms with E-state index >= 15 is 0 Å². The standard InChI is InChI=1S/C18H22N2O4SSe/c1-2-8-15(13-14-26-16-9-4-3-5-10-16)19-25(23,24)18-12-7-6-11-17(18)20(21)22/h3-7,9-12,15,19H,2,8,13-14H2,1H3. The first-order valence-electron chi connectivity index (χ1n) is 8.37. The average Bonchev–Trinajstić information content (AvgIpc) is 2.62. The molecule has 1 N–H and O–H groups in total. The summed E-state index contributed by atoms with van der Waals surface area (Å²) in [5.41, 5.74) is -0.399. The molecule has 0 amide bonds. The van der Waals surface area contributed by atoms with E-state index in [1.165, 1.54) is 28.7 Å². The van der Waals surface area contributed by atoms with E-state index in [9.17, 15) is 18.5 Å². The molecule has 0 aromatic heterocycles. The van der Waals surface area contributed by atoms with Crippen molar-refractivity contribution in [3.8, 4) is 0 Å². The zero-order chi connectivity index (χ0) is 19.0. The molecule has 6 nitrogen and oxygen atoms in total. The van der Waals surface area contributed by atoms with E-state index in [0.29, 0.717) is 12.8 Å². The van der Waals surface area contributed by atoms with Crippen LogP contribution >= 0.6 is 0 Å². The van der Waals surface area contributed by atoms with Crippen molar-refractivity contribution in [3.63, 3.8) is 0 Å². The van der Waals surface area contributed by atoms with Crippen molar-refractivity contribution in [2.45, 2.75) is 42.4 Å². The number of nitrogens with one attached hydrogen (secondary N) is 1. The minimum absolute atomic E-state index is 0.226. The summed E-state index contributed by atoms with van der Waals surface area (Å²) in [6.07, 6.45) is 2.25. The Hall–Kier alpha value is -1.73. The van der Waals surface area contributed by atoms with Crippen LogP contribution in [0, 0.1) is 10.1 Å². The second kappa shape index (κ2) is 9.83. The Kier molecular flexibility index (Phi) is 7.78. The zero-order valence-corrected chi connectivity index (χ0v) is 17.0. The second-order valence-electron chi connectivity index (χ2n) is 5.78. The maximum absolute atomic E-state index is 12.7. The maximum atomic E-state index is 12.7. The molecule has 0 saturated carbocycles. The fraction of sp³-hybridized carbons (Fsp3) is 0.333. The predicted octanol–water partition coefficient (Wildman–Crippen LogP) is 2.88. The van der Waals surface area contributed by atoms with E-state index in [-0.39, 0.29) is 25.9 Å². The molecule has 0 aliphatic carbocycles. The fourth-order valence-electron chi connectivity index (χ4n) is 2.56. The minimum atomic E-state index is -3.94. The molecular formula is C18H22N2O4SSe. The Balaban J connectivity index is 2.07. The third-order valence-electron chi connectivity index (χ3n) is 3.79. The van der Waals surface area contributed by atoms with E-state index in [0.717, 1.165) is 11.7 Å². The molecule has 0 saturated heterocycles. The van der Waals surface area contributed by atoms with Gasteiger partial charge in [-0.15, -0.1) is 0 Å². The molecule has 0 fully saturated rings. The summed E-state index contributed by atoms with van der Waals surface area (Å²) in [4.78, 5) is 10.2. The van der Waals surface area contributed by atoms with E-state index in [1.54, 1.807) is 0 Å². The summed E-state index contributed by atoms with van der Waals surface area (Å²) in [5, 5.41) is 12.0. The van der Waals surface area contributed by atoms with Gasteiger partial charge in [-0.2, -0.15) is 0 Å². The molecule has 2 rings (SSSR count). The first-order valence-corrected chi connectivity index (χ1v) is 11.9. The van der Waals surface area contributed by atoms with Crippen LogP contribution in [-0.4, -0.2) is 34.3 Å². The van der Waals surface area contributed by atoms with E-state index in [1.807, 2.05) is 25.1 Å². The van der Waals surface area contributed by atoms with Crippen molar-refractivity contribution in [1.29, 1.82) is 0 Å². The number of para-hydroxylation sites is 1. The fourth-order valence-corrected chi connectivity index (χ4v) is 6.11. The number of rotatable bonds is 10. The third kappa shape index (κ3) is 5.92. The third-order valence-corrected chi connectivity index (χ3v) is 7.55. The molecule has 26 heavy (non-hydrogen) atoms. The van der Waals surface area contributed by atoms with Crippen LogP contribution in [-0.2, 0) is 10.0 Å². The first-order chi connectivity index (χ1) is 12.4. The van der Waals surface area contributed by atoms with Crippen LogP contribution < -0.4 is 9.18 Å². The van der Waals surface area contributed by atoms with Crippen LogP contribution in [0.2, 0.25) is 5.32 Å². The second-order valence-corrected chi connectivity index (χ2v) is 9.92. The first kappa shape index (κ1) is 20.6. The Morgan fingerprint density at radius 2 is 1.73 bits per heavy atom. The molecule has 1 unspecified atom stereocenters. The van der Waals surface area contributed by atoms with Crippen molar-refractivity contribution in [1.82, 2.24) is 4.72 Å². The summed E-state index contributed by atoms with van der Waals surface area (Å²) < 4.78 is 29.3.